The van der Waals surface area contributed by atoms with Gasteiger partial charge in [-0.3, -0.25) is 4.68 Å². The Morgan fingerprint density at radius 1 is 1.50 bits per heavy atom. The zero-order valence-electron chi connectivity index (χ0n) is 10.5. The van der Waals surface area contributed by atoms with Crippen LogP contribution in [-0.4, -0.2) is 46.0 Å². The molecule has 0 aromatic carbocycles. The first-order chi connectivity index (χ1) is 8.29. The number of halogens is 3. The molecule has 1 aromatic rings. The minimum atomic E-state index is -4.38. The molecule has 0 saturated carbocycles. The van der Waals surface area contributed by atoms with E-state index in [0.29, 0.717) is 26.1 Å². The van der Waals surface area contributed by atoms with Gasteiger partial charge < -0.3 is 10.0 Å². The number of aryl methyl sites for hydroxylation is 1. The lowest BCUT2D eigenvalue weighted by atomic mass is 10.3. The van der Waals surface area contributed by atoms with Gasteiger partial charge in [0.1, 0.15) is 0 Å². The van der Waals surface area contributed by atoms with E-state index in [1.807, 2.05) is 11.9 Å². The topological polar surface area (TPSA) is 41.3 Å². The zero-order valence-corrected chi connectivity index (χ0v) is 10.5. The number of nitrogens with zero attached hydrogens (tertiary/aromatic N) is 3. The highest BCUT2D eigenvalue weighted by molar-refractivity contribution is 5.03. The minimum absolute atomic E-state index is 0.406. The Morgan fingerprint density at radius 3 is 2.67 bits per heavy atom. The second-order valence-corrected chi connectivity index (χ2v) is 4.43. The van der Waals surface area contributed by atoms with E-state index in [9.17, 15) is 13.2 Å². The maximum absolute atomic E-state index is 12.3. The summed E-state index contributed by atoms with van der Waals surface area (Å²) < 4.78 is 38.1. The van der Waals surface area contributed by atoms with Gasteiger partial charge in [0.25, 0.3) is 0 Å². The molecule has 0 spiro atoms. The van der Waals surface area contributed by atoms with Crippen LogP contribution in [0.4, 0.5) is 13.2 Å². The molecule has 1 rings (SSSR count). The molecule has 0 aliphatic rings. The van der Waals surface area contributed by atoms with Gasteiger partial charge in [-0.15, -0.1) is 0 Å². The maximum Gasteiger partial charge on any atom is 0.435 e. The normalized spacial score (nSPS) is 14.2. The lowest BCUT2D eigenvalue weighted by Gasteiger charge is -2.17. The molecule has 4 nitrogen and oxygen atoms in total. The summed E-state index contributed by atoms with van der Waals surface area (Å²) in [4.78, 5) is 1.93. The number of aromatic nitrogens is 2. The molecule has 104 valence electrons. The fraction of sp³-hybridized carbons (Fsp3) is 0.727. The van der Waals surface area contributed by atoms with E-state index in [2.05, 4.69) is 5.10 Å². The minimum Gasteiger partial charge on any atom is -0.392 e. The SMILES string of the molecule is CC(O)CN(C)CCCn1ccc(C(F)(F)F)n1. The molecular weight excluding hydrogens is 247 g/mol. The fourth-order valence-electron chi connectivity index (χ4n) is 1.68. The summed E-state index contributed by atoms with van der Waals surface area (Å²) in [5.74, 6) is 0. The van der Waals surface area contributed by atoms with Crippen LogP contribution < -0.4 is 0 Å². The van der Waals surface area contributed by atoms with Crippen LogP contribution in [0.3, 0.4) is 0 Å². The maximum atomic E-state index is 12.3. The third kappa shape index (κ3) is 5.05. The highest BCUT2D eigenvalue weighted by atomic mass is 19.4. The third-order valence-electron chi connectivity index (χ3n) is 2.43. The molecule has 7 heteroatoms. The summed E-state index contributed by atoms with van der Waals surface area (Å²) in [6.45, 7) is 3.37. The van der Waals surface area contributed by atoms with Gasteiger partial charge >= 0.3 is 6.18 Å². The van der Waals surface area contributed by atoms with Crippen molar-refractivity contribution in [2.24, 2.45) is 0 Å². The van der Waals surface area contributed by atoms with Gasteiger partial charge in [-0.1, -0.05) is 0 Å². The first kappa shape index (κ1) is 15.0. The Labute approximate surface area is 104 Å². The monoisotopic (exact) mass is 265 g/mol. The van der Waals surface area contributed by atoms with Crippen LogP contribution in [0.1, 0.15) is 19.0 Å². The van der Waals surface area contributed by atoms with Gasteiger partial charge in [0, 0.05) is 19.3 Å². The highest BCUT2D eigenvalue weighted by Crippen LogP contribution is 2.27. The van der Waals surface area contributed by atoms with Crippen LogP contribution in [0.5, 0.6) is 0 Å². The van der Waals surface area contributed by atoms with Crippen molar-refractivity contribution in [3.8, 4) is 0 Å². The molecule has 18 heavy (non-hydrogen) atoms. The Bertz CT molecular complexity index is 363. The number of alkyl halides is 3. The zero-order chi connectivity index (χ0) is 13.8. The van der Waals surface area contributed by atoms with Crippen molar-refractivity contribution >= 4 is 0 Å². The lowest BCUT2D eigenvalue weighted by molar-refractivity contribution is -0.141. The number of aliphatic hydroxyl groups is 1. The Kier molecular flexibility index (Phi) is 5.15. The highest BCUT2D eigenvalue weighted by Gasteiger charge is 2.33. The molecule has 0 aliphatic heterocycles. The van der Waals surface area contributed by atoms with E-state index >= 15 is 0 Å². The summed E-state index contributed by atoms with van der Waals surface area (Å²) >= 11 is 0. The second kappa shape index (κ2) is 6.19. The van der Waals surface area contributed by atoms with Crippen molar-refractivity contribution in [1.82, 2.24) is 14.7 Å². The number of hydrogen-bond donors (Lipinski definition) is 1. The average Bonchev–Trinajstić information content (AvgIpc) is 2.64. The second-order valence-electron chi connectivity index (χ2n) is 4.43. The van der Waals surface area contributed by atoms with Crippen molar-refractivity contribution in [3.05, 3.63) is 18.0 Å². The molecule has 0 fully saturated rings. The van der Waals surface area contributed by atoms with Gasteiger partial charge in [0.2, 0.25) is 0 Å². The fourth-order valence-corrected chi connectivity index (χ4v) is 1.68. The Hall–Kier alpha value is -1.08. The summed E-state index contributed by atoms with van der Waals surface area (Å²) in [5.41, 5.74) is -0.861. The van der Waals surface area contributed by atoms with E-state index in [1.54, 1.807) is 6.92 Å². The Morgan fingerprint density at radius 2 is 2.17 bits per heavy atom. The van der Waals surface area contributed by atoms with Crippen LogP contribution in [0.25, 0.3) is 0 Å². The quantitative estimate of drug-likeness (QED) is 0.849. The standard InChI is InChI=1S/C11H18F3N3O/c1-9(18)8-16(2)5-3-6-17-7-4-10(15-17)11(12,13)14/h4,7,9,18H,3,5-6,8H2,1-2H3. The summed E-state index contributed by atoms with van der Waals surface area (Å²) in [6, 6.07) is 0.972. The number of rotatable bonds is 6. The largest absolute Gasteiger partial charge is 0.435 e. The van der Waals surface area contributed by atoms with E-state index in [0.717, 1.165) is 6.07 Å². The molecule has 1 heterocycles. The van der Waals surface area contributed by atoms with Gasteiger partial charge in [0.05, 0.1) is 6.10 Å². The molecule has 1 unspecified atom stereocenters. The van der Waals surface area contributed by atoms with Gasteiger partial charge in [-0.25, -0.2) is 0 Å². The van der Waals surface area contributed by atoms with Crippen LogP contribution >= 0.6 is 0 Å². The third-order valence-corrected chi connectivity index (χ3v) is 2.43. The molecule has 1 N–H and O–H groups in total. The smallest absolute Gasteiger partial charge is 0.392 e. The predicted octanol–water partition coefficient (Wildman–Crippen LogP) is 1.60. The molecule has 0 radical (unpaired) electrons. The van der Waals surface area contributed by atoms with E-state index in [-0.39, 0.29) is 0 Å². The molecule has 0 amide bonds. The van der Waals surface area contributed by atoms with Crippen molar-refractivity contribution in [2.75, 3.05) is 20.1 Å². The van der Waals surface area contributed by atoms with E-state index in [1.165, 1.54) is 10.9 Å². The summed E-state index contributed by atoms with van der Waals surface area (Å²) in [6.07, 6.45) is -2.77. The molecule has 0 saturated heterocycles. The molecule has 1 aromatic heterocycles. The van der Waals surface area contributed by atoms with E-state index < -0.39 is 18.0 Å². The first-order valence-corrected chi connectivity index (χ1v) is 5.76. The molecule has 1 atom stereocenters. The molecular formula is C11H18F3N3O. The number of likely N-dealkylation sites (N-methyl/N-ethyl adjacent to an activating group) is 1. The first-order valence-electron chi connectivity index (χ1n) is 5.76. The van der Waals surface area contributed by atoms with Crippen molar-refractivity contribution in [3.63, 3.8) is 0 Å². The lowest BCUT2D eigenvalue weighted by Crippen LogP contribution is -2.28. The van der Waals surface area contributed by atoms with Crippen LogP contribution in [0, 0.1) is 0 Å². The van der Waals surface area contributed by atoms with Crippen molar-refractivity contribution in [2.45, 2.75) is 32.2 Å². The number of hydrogen-bond acceptors (Lipinski definition) is 3. The number of aliphatic hydroxyl groups excluding tert-OH is 1. The van der Waals surface area contributed by atoms with Crippen LogP contribution in [-0.2, 0) is 12.7 Å². The van der Waals surface area contributed by atoms with Gasteiger partial charge in [-0.05, 0) is 33.0 Å². The Balaban J connectivity index is 2.34. The van der Waals surface area contributed by atoms with Crippen LogP contribution in [0.15, 0.2) is 12.3 Å². The van der Waals surface area contributed by atoms with Gasteiger partial charge in [0.15, 0.2) is 5.69 Å². The van der Waals surface area contributed by atoms with Crippen molar-refractivity contribution < 1.29 is 18.3 Å². The average molecular weight is 265 g/mol. The summed E-state index contributed by atoms with van der Waals surface area (Å²) in [7, 11) is 1.86. The van der Waals surface area contributed by atoms with Gasteiger partial charge in [-0.2, -0.15) is 18.3 Å². The van der Waals surface area contributed by atoms with E-state index in [4.69, 9.17) is 5.11 Å². The molecule has 0 bridgehead atoms. The molecule has 0 aliphatic carbocycles. The summed E-state index contributed by atoms with van der Waals surface area (Å²) in [5, 5.41) is 12.6. The predicted molar refractivity (Wildman–Crippen MR) is 61.0 cm³/mol. The van der Waals surface area contributed by atoms with Crippen LogP contribution in [0.2, 0.25) is 0 Å². The van der Waals surface area contributed by atoms with Crippen molar-refractivity contribution in [1.29, 1.82) is 0 Å².